The molecule has 2 heterocycles. The highest BCUT2D eigenvalue weighted by molar-refractivity contribution is 14.0. The Bertz CT molecular complexity index is 714. The molecule has 1 aromatic rings. The Morgan fingerprint density at radius 2 is 2.00 bits per heavy atom. The van der Waals surface area contributed by atoms with Gasteiger partial charge in [0, 0.05) is 44.1 Å². The Kier molecular flexibility index (Phi) is 10.4. The SMILES string of the molecule is CN=C(NCC(C)N1CCc2sccc2C1)NCC(C)(C)NC(=O)OC(C)(C)C.I. The third-order valence-corrected chi connectivity index (χ3v) is 5.81. The standard InChI is InChI=1S/C21H37N5O2S.HI/c1-15(26-10-8-17-16(13-26)9-11-29-17)12-23-18(22-7)24-14-21(5,6)25-19(27)28-20(2,3)4;/h9,11,15H,8,10,12-14H2,1-7H3,(H,25,27)(H2,22,23,24);1H. The Morgan fingerprint density at radius 1 is 1.30 bits per heavy atom. The Labute approximate surface area is 202 Å². The number of fused-ring (bicyclic) bond motifs is 1. The van der Waals surface area contributed by atoms with Gasteiger partial charge in [0.15, 0.2) is 5.96 Å². The summed E-state index contributed by atoms with van der Waals surface area (Å²) in [5.74, 6) is 0.726. The van der Waals surface area contributed by atoms with Gasteiger partial charge in [-0.3, -0.25) is 9.89 Å². The van der Waals surface area contributed by atoms with Crippen molar-refractivity contribution in [3.05, 3.63) is 21.9 Å². The number of halogens is 1. The van der Waals surface area contributed by atoms with Gasteiger partial charge in [-0.15, -0.1) is 35.3 Å². The number of rotatable bonds is 6. The zero-order valence-corrected chi connectivity index (χ0v) is 22.4. The minimum absolute atomic E-state index is 0. The van der Waals surface area contributed by atoms with Crippen LogP contribution in [0.5, 0.6) is 0 Å². The molecule has 0 aliphatic carbocycles. The van der Waals surface area contributed by atoms with Gasteiger partial charge in [-0.25, -0.2) is 4.79 Å². The molecule has 0 saturated heterocycles. The van der Waals surface area contributed by atoms with E-state index in [-0.39, 0.29) is 24.0 Å². The maximum atomic E-state index is 12.0. The van der Waals surface area contributed by atoms with Crippen LogP contribution >= 0.6 is 35.3 Å². The fraction of sp³-hybridized carbons (Fsp3) is 0.714. The quantitative estimate of drug-likeness (QED) is 0.286. The van der Waals surface area contributed by atoms with Crippen LogP contribution in [0, 0.1) is 0 Å². The lowest BCUT2D eigenvalue weighted by Crippen LogP contribution is -2.55. The molecular formula is C21H38IN5O2S. The van der Waals surface area contributed by atoms with E-state index in [1.165, 1.54) is 10.4 Å². The molecule has 0 spiro atoms. The molecule has 0 saturated carbocycles. The van der Waals surface area contributed by atoms with Gasteiger partial charge >= 0.3 is 6.09 Å². The Morgan fingerprint density at radius 3 is 2.63 bits per heavy atom. The lowest BCUT2D eigenvalue weighted by atomic mass is 10.1. The maximum absolute atomic E-state index is 12.0. The number of thiophene rings is 1. The highest BCUT2D eigenvalue weighted by atomic mass is 127. The Hall–Kier alpha value is -1.07. The molecule has 1 unspecified atom stereocenters. The first kappa shape index (κ1) is 27.0. The minimum Gasteiger partial charge on any atom is -0.444 e. The first-order chi connectivity index (χ1) is 13.5. The molecule has 0 aromatic carbocycles. The van der Waals surface area contributed by atoms with Crippen molar-refractivity contribution >= 4 is 47.4 Å². The average molecular weight is 552 g/mol. The fourth-order valence-electron chi connectivity index (χ4n) is 3.17. The van der Waals surface area contributed by atoms with E-state index in [2.05, 4.69) is 44.2 Å². The summed E-state index contributed by atoms with van der Waals surface area (Å²) in [5.41, 5.74) is 0.471. The van der Waals surface area contributed by atoms with Gasteiger partial charge in [-0.1, -0.05) is 0 Å². The van der Waals surface area contributed by atoms with E-state index in [9.17, 15) is 4.79 Å². The van der Waals surface area contributed by atoms with Gasteiger partial charge < -0.3 is 20.7 Å². The lowest BCUT2D eigenvalue weighted by molar-refractivity contribution is 0.0474. The maximum Gasteiger partial charge on any atom is 0.408 e. The number of nitrogens with zero attached hydrogens (tertiary/aromatic N) is 2. The number of alkyl carbamates (subject to hydrolysis) is 1. The second kappa shape index (κ2) is 11.5. The molecule has 0 radical (unpaired) electrons. The van der Waals surface area contributed by atoms with E-state index in [0.29, 0.717) is 12.6 Å². The molecular weight excluding hydrogens is 513 g/mol. The van der Waals surface area contributed by atoms with E-state index in [4.69, 9.17) is 4.74 Å². The van der Waals surface area contributed by atoms with E-state index in [0.717, 1.165) is 32.0 Å². The molecule has 30 heavy (non-hydrogen) atoms. The normalized spacial score (nSPS) is 16.2. The molecule has 1 atom stereocenters. The highest BCUT2D eigenvalue weighted by Gasteiger charge is 2.25. The number of hydrogen-bond donors (Lipinski definition) is 3. The predicted molar refractivity (Wildman–Crippen MR) is 136 cm³/mol. The van der Waals surface area contributed by atoms with Crippen LogP contribution in [0.1, 0.15) is 52.0 Å². The van der Waals surface area contributed by atoms with Gasteiger partial charge in [0.2, 0.25) is 0 Å². The Balaban J connectivity index is 0.00000450. The number of aliphatic imine (C=N–C) groups is 1. The molecule has 7 nitrogen and oxygen atoms in total. The van der Waals surface area contributed by atoms with Gasteiger partial charge in [-0.05, 0) is 65.0 Å². The largest absolute Gasteiger partial charge is 0.444 e. The number of nitrogens with one attached hydrogen (secondary N) is 3. The van der Waals surface area contributed by atoms with Crippen LogP contribution in [0.2, 0.25) is 0 Å². The van der Waals surface area contributed by atoms with E-state index >= 15 is 0 Å². The summed E-state index contributed by atoms with van der Waals surface area (Å²) in [6.45, 7) is 15.1. The van der Waals surface area contributed by atoms with Crippen molar-refractivity contribution in [3.8, 4) is 0 Å². The van der Waals surface area contributed by atoms with Crippen molar-refractivity contribution in [2.24, 2.45) is 4.99 Å². The van der Waals surface area contributed by atoms with Crippen LogP contribution in [0.4, 0.5) is 4.79 Å². The van der Waals surface area contributed by atoms with Crippen LogP contribution in [0.15, 0.2) is 16.4 Å². The topological polar surface area (TPSA) is 78.0 Å². The van der Waals surface area contributed by atoms with Crippen LogP contribution < -0.4 is 16.0 Å². The molecule has 1 aliphatic rings. The van der Waals surface area contributed by atoms with Crippen molar-refractivity contribution in [1.82, 2.24) is 20.9 Å². The average Bonchev–Trinajstić information content (AvgIpc) is 3.07. The molecule has 172 valence electrons. The van der Waals surface area contributed by atoms with Crippen molar-refractivity contribution in [3.63, 3.8) is 0 Å². The fourth-order valence-corrected chi connectivity index (χ4v) is 4.06. The molecule has 1 aliphatic heterocycles. The number of carbonyl (C=O) groups is 1. The first-order valence-corrected chi connectivity index (χ1v) is 11.1. The van der Waals surface area contributed by atoms with Crippen molar-refractivity contribution in [2.75, 3.05) is 26.7 Å². The number of amides is 1. The highest BCUT2D eigenvalue weighted by Crippen LogP contribution is 2.24. The van der Waals surface area contributed by atoms with E-state index in [1.807, 2.05) is 46.0 Å². The number of ether oxygens (including phenoxy) is 1. The van der Waals surface area contributed by atoms with Gasteiger partial charge in [0.25, 0.3) is 0 Å². The van der Waals surface area contributed by atoms with Crippen LogP contribution in [0.25, 0.3) is 0 Å². The number of guanidine groups is 1. The summed E-state index contributed by atoms with van der Waals surface area (Å²) in [4.78, 5) is 20.4. The zero-order valence-electron chi connectivity index (χ0n) is 19.3. The summed E-state index contributed by atoms with van der Waals surface area (Å²) >= 11 is 1.87. The molecule has 0 fully saturated rings. The minimum atomic E-state index is -0.514. The zero-order chi connectivity index (χ0) is 21.7. The van der Waals surface area contributed by atoms with Crippen molar-refractivity contribution in [1.29, 1.82) is 0 Å². The second-order valence-electron chi connectivity index (χ2n) is 9.26. The summed E-state index contributed by atoms with van der Waals surface area (Å²) in [6, 6.07) is 2.64. The smallest absolute Gasteiger partial charge is 0.408 e. The van der Waals surface area contributed by atoms with Crippen molar-refractivity contribution < 1.29 is 9.53 Å². The van der Waals surface area contributed by atoms with Crippen LogP contribution in [-0.2, 0) is 17.7 Å². The lowest BCUT2D eigenvalue weighted by Gasteiger charge is -2.33. The number of hydrogen-bond acceptors (Lipinski definition) is 5. The molecule has 1 aromatic heterocycles. The van der Waals surface area contributed by atoms with Crippen molar-refractivity contribution in [2.45, 2.75) is 71.7 Å². The summed E-state index contributed by atoms with van der Waals surface area (Å²) in [5, 5.41) is 11.8. The molecule has 2 rings (SSSR count). The second-order valence-corrected chi connectivity index (χ2v) is 10.3. The third-order valence-electron chi connectivity index (χ3n) is 4.79. The molecule has 9 heteroatoms. The third kappa shape index (κ3) is 8.97. The summed E-state index contributed by atoms with van der Waals surface area (Å²) < 4.78 is 5.34. The first-order valence-electron chi connectivity index (χ1n) is 10.2. The van der Waals surface area contributed by atoms with Crippen LogP contribution in [-0.4, -0.2) is 60.8 Å². The molecule has 1 amide bonds. The predicted octanol–water partition coefficient (Wildman–Crippen LogP) is 3.58. The molecule has 3 N–H and O–H groups in total. The molecule has 0 bridgehead atoms. The van der Waals surface area contributed by atoms with Gasteiger partial charge in [0.1, 0.15) is 5.60 Å². The van der Waals surface area contributed by atoms with E-state index < -0.39 is 17.2 Å². The summed E-state index contributed by atoms with van der Waals surface area (Å²) in [7, 11) is 1.76. The van der Waals surface area contributed by atoms with Gasteiger partial charge in [0.05, 0.1) is 5.54 Å². The van der Waals surface area contributed by atoms with Gasteiger partial charge in [-0.2, -0.15) is 0 Å². The monoisotopic (exact) mass is 551 g/mol. The van der Waals surface area contributed by atoms with Crippen LogP contribution in [0.3, 0.4) is 0 Å². The number of carbonyl (C=O) groups excluding carboxylic acids is 1. The summed E-state index contributed by atoms with van der Waals surface area (Å²) in [6.07, 6.45) is 0.716. The van der Waals surface area contributed by atoms with E-state index in [1.54, 1.807) is 7.05 Å².